The summed E-state index contributed by atoms with van der Waals surface area (Å²) in [6, 6.07) is 7.45. The highest BCUT2D eigenvalue weighted by atomic mass is 16.5. The molecule has 1 atom stereocenters. The van der Waals surface area contributed by atoms with Crippen molar-refractivity contribution in [3.8, 4) is 0 Å². The summed E-state index contributed by atoms with van der Waals surface area (Å²) in [5, 5.41) is 18.9. The average Bonchev–Trinajstić information content (AvgIpc) is 3.21. The van der Waals surface area contributed by atoms with Gasteiger partial charge in [0.1, 0.15) is 5.76 Å². The fraction of sp³-hybridized carbons (Fsp3) is 0.577. The number of carbonyl (C=O) groups excluding carboxylic acids is 1. The number of rotatable bonds is 11. The Bertz CT molecular complexity index is 984. The highest BCUT2D eigenvalue weighted by molar-refractivity contribution is 6.01. The lowest BCUT2D eigenvalue weighted by Crippen LogP contribution is -2.40. The predicted octanol–water partition coefficient (Wildman–Crippen LogP) is 5.63. The van der Waals surface area contributed by atoms with E-state index >= 15 is 0 Å². The van der Waals surface area contributed by atoms with Crippen molar-refractivity contribution < 1.29 is 24.0 Å². The Kier molecular flexibility index (Phi) is 9.54. The Balaban J connectivity index is 1.97. The van der Waals surface area contributed by atoms with E-state index in [1.807, 2.05) is 18.2 Å². The van der Waals surface area contributed by atoms with Crippen molar-refractivity contribution in [2.45, 2.75) is 71.3 Å². The van der Waals surface area contributed by atoms with Crippen LogP contribution in [0.25, 0.3) is 0 Å². The first-order valence-corrected chi connectivity index (χ1v) is 12.4. The number of carboxylic acid groups (broad SMARTS) is 1. The number of aryl methyl sites for hydroxylation is 1. The van der Waals surface area contributed by atoms with Crippen LogP contribution in [0.2, 0.25) is 0 Å². The normalized spacial score (nSPS) is 15.1. The number of hydrogen-bond donors (Lipinski definition) is 3. The molecule has 3 N–H and O–H groups in total. The number of ether oxygens (including phenoxy) is 1. The van der Waals surface area contributed by atoms with E-state index in [9.17, 15) is 14.7 Å². The van der Waals surface area contributed by atoms with Gasteiger partial charge in [0.05, 0.1) is 24.4 Å². The Morgan fingerprint density at radius 1 is 1.20 bits per heavy atom. The topological polar surface area (TPSA) is 117 Å². The maximum Gasteiger partial charge on any atom is 0.325 e. The van der Waals surface area contributed by atoms with Crippen LogP contribution in [-0.2, 0) is 9.53 Å². The van der Waals surface area contributed by atoms with Gasteiger partial charge in [-0.15, -0.1) is 0 Å². The summed E-state index contributed by atoms with van der Waals surface area (Å²) in [6.07, 6.45) is 5.81. The number of carboxylic acids is 1. The first-order chi connectivity index (χ1) is 16.8. The summed E-state index contributed by atoms with van der Waals surface area (Å²) in [5.41, 5.74) is 2.38. The summed E-state index contributed by atoms with van der Waals surface area (Å²) >= 11 is 0. The van der Waals surface area contributed by atoms with Crippen molar-refractivity contribution in [3.05, 3.63) is 35.6 Å². The van der Waals surface area contributed by atoms with Crippen molar-refractivity contribution in [3.63, 3.8) is 0 Å². The molecule has 1 heterocycles. The minimum atomic E-state index is -0.895. The molecule has 1 aromatic carbocycles. The number of nitrogens with one attached hydrogen (secondary N) is 2. The molecule has 0 spiro atoms. The molecule has 0 saturated heterocycles. The van der Waals surface area contributed by atoms with E-state index in [0.717, 1.165) is 30.6 Å². The molecule has 0 radical (unpaired) electrons. The number of urea groups is 1. The van der Waals surface area contributed by atoms with Gasteiger partial charge in [-0.2, -0.15) is 0 Å². The second kappa shape index (κ2) is 12.6. The third kappa shape index (κ3) is 7.71. The molecule has 0 bridgehead atoms. The van der Waals surface area contributed by atoms with Crippen molar-refractivity contribution in [2.75, 3.05) is 35.8 Å². The van der Waals surface area contributed by atoms with Crippen LogP contribution in [0.15, 0.2) is 28.8 Å². The van der Waals surface area contributed by atoms with Gasteiger partial charge in [-0.25, -0.2) is 4.79 Å². The summed E-state index contributed by atoms with van der Waals surface area (Å²) in [7, 11) is 1.56. The average molecular weight is 487 g/mol. The number of anilines is 3. The molecule has 9 heteroatoms. The van der Waals surface area contributed by atoms with Crippen LogP contribution in [-0.4, -0.2) is 48.6 Å². The zero-order valence-electron chi connectivity index (χ0n) is 21.2. The van der Waals surface area contributed by atoms with Crippen LogP contribution in [0.1, 0.15) is 69.6 Å². The molecule has 1 fully saturated rings. The quantitative estimate of drug-likeness (QED) is 0.377. The molecule has 3 rings (SSSR count). The van der Waals surface area contributed by atoms with Gasteiger partial charge in [0, 0.05) is 31.7 Å². The van der Waals surface area contributed by atoms with Gasteiger partial charge in [-0.1, -0.05) is 44.3 Å². The van der Waals surface area contributed by atoms with Gasteiger partial charge in [-0.3, -0.25) is 10.1 Å². The van der Waals surface area contributed by atoms with Crippen LogP contribution in [0.3, 0.4) is 0 Å². The minimum absolute atomic E-state index is 0.0601. The number of benzene rings is 1. The van der Waals surface area contributed by atoms with Crippen LogP contribution in [0.4, 0.5) is 22.0 Å². The Morgan fingerprint density at radius 2 is 1.94 bits per heavy atom. The molecule has 9 nitrogen and oxygen atoms in total. The van der Waals surface area contributed by atoms with Crippen molar-refractivity contribution in [1.82, 2.24) is 5.16 Å². The first kappa shape index (κ1) is 26.5. The van der Waals surface area contributed by atoms with E-state index < -0.39 is 12.0 Å². The molecule has 0 aliphatic heterocycles. The molecule has 2 aromatic rings. The predicted molar refractivity (Wildman–Crippen MR) is 136 cm³/mol. The third-order valence-electron chi connectivity index (χ3n) is 6.29. The largest absolute Gasteiger partial charge is 0.481 e. The van der Waals surface area contributed by atoms with E-state index in [-0.39, 0.29) is 18.9 Å². The van der Waals surface area contributed by atoms with E-state index in [4.69, 9.17) is 9.26 Å². The van der Waals surface area contributed by atoms with Crippen molar-refractivity contribution >= 4 is 29.2 Å². The molecular formula is C26H38N4O5. The summed E-state index contributed by atoms with van der Waals surface area (Å²) in [5.74, 6) is 0.131. The summed E-state index contributed by atoms with van der Waals surface area (Å²) < 4.78 is 10.3. The first-order valence-electron chi connectivity index (χ1n) is 12.4. The lowest BCUT2D eigenvalue weighted by Gasteiger charge is -2.38. The number of carbonyl (C=O) groups is 2. The molecule has 192 valence electrons. The van der Waals surface area contributed by atoms with Gasteiger partial charge in [0.15, 0.2) is 5.82 Å². The molecule has 35 heavy (non-hydrogen) atoms. The zero-order chi connectivity index (χ0) is 25.4. The van der Waals surface area contributed by atoms with Crippen LogP contribution in [0, 0.1) is 12.8 Å². The SMILES string of the molecule is COCC(CC(=O)O)c1ccc(N(CC(C)C)C2CCCCC2)c(NC(=O)Nc2cc(C)on2)c1. The van der Waals surface area contributed by atoms with Crippen molar-refractivity contribution in [2.24, 2.45) is 5.92 Å². The molecule has 2 amide bonds. The molecule has 1 unspecified atom stereocenters. The van der Waals surface area contributed by atoms with Gasteiger partial charge < -0.3 is 24.6 Å². The molecular weight excluding hydrogens is 448 g/mol. The minimum Gasteiger partial charge on any atom is -0.481 e. The van der Waals surface area contributed by atoms with Crippen LogP contribution < -0.4 is 15.5 Å². The smallest absolute Gasteiger partial charge is 0.325 e. The second-order valence-corrected chi connectivity index (χ2v) is 9.77. The van der Waals surface area contributed by atoms with Crippen molar-refractivity contribution in [1.29, 1.82) is 0 Å². The fourth-order valence-electron chi connectivity index (χ4n) is 4.77. The second-order valence-electron chi connectivity index (χ2n) is 9.77. The van der Waals surface area contributed by atoms with E-state index in [1.165, 1.54) is 19.3 Å². The number of aromatic nitrogens is 1. The van der Waals surface area contributed by atoms with Gasteiger partial charge in [0.25, 0.3) is 0 Å². The highest BCUT2D eigenvalue weighted by Crippen LogP contribution is 2.36. The number of aliphatic carboxylic acids is 1. The lowest BCUT2D eigenvalue weighted by molar-refractivity contribution is -0.137. The van der Waals surface area contributed by atoms with E-state index in [2.05, 4.69) is 34.5 Å². The van der Waals surface area contributed by atoms with E-state index in [1.54, 1.807) is 20.1 Å². The fourth-order valence-corrected chi connectivity index (χ4v) is 4.77. The highest BCUT2D eigenvalue weighted by Gasteiger charge is 2.26. The standard InChI is InChI=1S/C26H38N4O5/c1-17(2)15-30(21-8-6-5-7-9-21)23-11-10-19(20(16-34-4)14-25(31)32)13-22(23)27-26(33)28-24-12-18(3)35-29-24/h10-13,17,20-21H,5-9,14-16H2,1-4H3,(H,31,32)(H2,27,28,29,33). The summed E-state index contributed by atoms with van der Waals surface area (Å²) in [4.78, 5) is 26.8. The lowest BCUT2D eigenvalue weighted by atomic mass is 9.91. The third-order valence-corrected chi connectivity index (χ3v) is 6.29. The maximum atomic E-state index is 12.9. The van der Waals surface area contributed by atoms with Gasteiger partial charge in [0.2, 0.25) is 0 Å². The van der Waals surface area contributed by atoms with Crippen LogP contribution >= 0.6 is 0 Å². The molecule has 1 aromatic heterocycles. The Labute approximate surface area is 207 Å². The number of nitrogens with zero attached hydrogens (tertiary/aromatic N) is 2. The van der Waals surface area contributed by atoms with Crippen LogP contribution in [0.5, 0.6) is 0 Å². The zero-order valence-corrected chi connectivity index (χ0v) is 21.2. The van der Waals surface area contributed by atoms with Gasteiger partial charge in [-0.05, 0) is 43.4 Å². The monoisotopic (exact) mass is 486 g/mol. The number of methoxy groups -OCH3 is 1. The van der Waals surface area contributed by atoms with Gasteiger partial charge >= 0.3 is 12.0 Å². The maximum absolute atomic E-state index is 12.9. The Morgan fingerprint density at radius 3 is 2.54 bits per heavy atom. The summed E-state index contributed by atoms with van der Waals surface area (Å²) in [6.45, 7) is 7.27. The van der Waals surface area contributed by atoms with E-state index in [0.29, 0.717) is 29.2 Å². The number of amides is 2. The Hall–Kier alpha value is -3.07. The molecule has 1 aliphatic rings. The molecule has 1 saturated carbocycles. The molecule has 1 aliphatic carbocycles. The number of hydrogen-bond acceptors (Lipinski definition) is 6.